The summed E-state index contributed by atoms with van der Waals surface area (Å²) in [6, 6.07) is 4.70. The lowest BCUT2D eigenvalue weighted by Crippen LogP contribution is -2.35. The van der Waals surface area contributed by atoms with E-state index in [1.54, 1.807) is 0 Å². The van der Waals surface area contributed by atoms with E-state index in [9.17, 15) is 0 Å². The van der Waals surface area contributed by atoms with Crippen molar-refractivity contribution in [1.82, 2.24) is 10.6 Å². The minimum atomic E-state index is 0.312. The van der Waals surface area contributed by atoms with Crippen LogP contribution < -0.4 is 20.1 Å². The van der Waals surface area contributed by atoms with Crippen LogP contribution >= 0.6 is 12.2 Å². The second-order valence-electron chi connectivity index (χ2n) is 6.44. The van der Waals surface area contributed by atoms with E-state index < -0.39 is 0 Å². The fourth-order valence-electron chi connectivity index (χ4n) is 3.62. The van der Waals surface area contributed by atoms with Gasteiger partial charge in [-0.3, -0.25) is 0 Å². The van der Waals surface area contributed by atoms with Crippen molar-refractivity contribution in [3.05, 3.63) is 29.3 Å². The highest BCUT2D eigenvalue weighted by Gasteiger charge is 2.22. The molecule has 2 aliphatic heterocycles. The molecule has 1 aliphatic carbocycles. The third-order valence-electron chi connectivity index (χ3n) is 4.83. The number of hydrogen-bond acceptors (Lipinski definition) is 4. The highest BCUT2D eigenvalue weighted by molar-refractivity contribution is 7.80. The molecule has 4 nitrogen and oxygen atoms in total. The molecule has 0 atom stereocenters. The summed E-state index contributed by atoms with van der Waals surface area (Å²) >= 11 is 5.56. The molecule has 0 radical (unpaired) electrons. The van der Waals surface area contributed by atoms with Crippen molar-refractivity contribution in [2.45, 2.75) is 44.6 Å². The van der Waals surface area contributed by atoms with Crippen LogP contribution in [0.25, 0.3) is 5.70 Å². The van der Waals surface area contributed by atoms with E-state index in [-0.39, 0.29) is 0 Å². The summed E-state index contributed by atoms with van der Waals surface area (Å²) < 4.78 is 11.0. The van der Waals surface area contributed by atoms with E-state index in [2.05, 4.69) is 28.8 Å². The Hall–Kier alpha value is -1.75. The molecule has 5 heteroatoms. The van der Waals surface area contributed by atoms with Crippen LogP contribution in [0.4, 0.5) is 0 Å². The van der Waals surface area contributed by atoms with Crippen molar-refractivity contribution in [2.24, 2.45) is 0 Å². The van der Waals surface area contributed by atoms with Crippen molar-refractivity contribution in [1.29, 1.82) is 0 Å². The predicted octanol–water partition coefficient (Wildman–Crippen LogP) is 3.15. The average molecular weight is 330 g/mol. The second-order valence-corrected chi connectivity index (χ2v) is 6.88. The first-order valence-electron chi connectivity index (χ1n) is 8.48. The number of ether oxygens (including phenoxy) is 2. The molecule has 0 aromatic heterocycles. The van der Waals surface area contributed by atoms with Gasteiger partial charge in [-0.2, -0.15) is 0 Å². The Morgan fingerprint density at radius 2 is 1.96 bits per heavy atom. The molecule has 1 aromatic rings. The molecule has 2 N–H and O–H groups in total. The number of fused-ring (bicyclic) bond motifs is 2. The standard InChI is InChI=1S/C18H22N2O2S/c23-18(20-13-4-2-1-3-5-13)10-15-14-9-17-16(21-11-22-17)8-12(14)6-7-19-15/h8-10,13,19H,1-7,11H2,(H,20,23)/b15-10-. The van der Waals surface area contributed by atoms with Crippen LogP contribution in [0.2, 0.25) is 0 Å². The third kappa shape index (κ3) is 3.15. The van der Waals surface area contributed by atoms with E-state index in [4.69, 9.17) is 21.7 Å². The van der Waals surface area contributed by atoms with Gasteiger partial charge in [0.1, 0.15) is 4.99 Å². The van der Waals surface area contributed by atoms with Gasteiger partial charge in [0.25, 0.3) is 0 Å². The maximum absolute atomic E-state index is 5.56. The van der Waals surface area contributed by atoms with Crippen molar-refractivity contribution < 1.29 is 9.47 Å². The van der Waals surface area contributed by atoms with Gasteiger partial charge in [0.2, 0.25) is 6.79 Å². The van der Waals surface area contributed by atoms with Gasteiger partial charge >= 0.3 is 0 Å². The largest absolute Gasteiger partial charge is 0.454 e. The van der Waals surface area contributed by atoms with Gasteiger partial charge in [-0.1, -0.05) is 31.5 Å². The summed E-state index contributed by atoms with van der Waals surface area (Å²) in [6.07, 6.45) is 9.48. The van der Waals surface area contributed by atoms with Gasteiger partial charge in [-0.05, 0) is 43.0 Å². The molecular formula is C18H22N2O2S. The molecule has 23 heavy (non-hydrogen) atoms. The fourth-order valence-corrected chi connectivity index (χ4v) is 3.90. The van der Waals surface area contributed by atoms with Crippen LogP contribution in [-0.2, 0) is 6.42 Å². The highest BCUT2D eigenvalue weighted by Crippen LogP contribution is 2.37. The molecule has 0 bridgehead atoms. The fraction of sp³-hybridized carbons (Fsp3) is 0.500. The molecule has 0 amide bonds. The van der Waals surface area contributed by atoms with E-state index in [0.717, 1.165) is 35.2 Å². The molecule has 122 valence electrons. The van der Waals surface area contributed by atoms with Crippen molar-refractivity contribution in [3.8, 4) is 11.5 Å². The number of benzene rings is 1. The van der Waals surface area contributed by atoms with Crippen LogP contribution in [0, 0.1) is 0 Å². The molecule has 0 unspecified atom stereocenters. The van der Waals surface area contributed by atoms with Crippen LogP contribution in [0.15, 0.2) is 18.2 Å². The monoisotopic (exact) mass is 330 g/mol. The van der Waals surface area contributed by atoms with Crippen LogP contribution in [0.3, 0.4) is 0 Å². The zero-order valence-corrected chi connectivity index (χ0v) is 14.0. The lowest BCUT2D eigenvalue weighted by molar-refractivity contribution is 0.174. The van der Waals surface area contributed by atoms with Crippen LogP contribution in [-0.4, -0.2) is 24.4 Å². The van der Waals surface area contributed by atoms with Crippen molar-refractivity contribution in [3.63, 3.8) is 0 Å². The van der Waals surface area contributed by atoms with Crippen molar-refractivity contribution in [2.75, 3.05) is 13.3 Å². The Balaban J connectivity index is 1.54. The molecule has 0 saturated heterocycles. The number of hydrogen-bond donors (Lipinski definition) is 2. The summed E-state index contributed by atoms with van der Waals surface area (Å²) in [5.41, 5.74) is 3.55. The Morgan fingerprint density at radius 1 is 1.17 bits per heavy atom. The highest BCUT2D eigenvalue weighted by atomic mass is 32.1. The van der Waals surface area contributed by atoms with Gasteiger partial charge in [0.05, 0.1) is 0 Å². The topological polar surface area (TPSA) is 42.5 Å². The first kappa shape index (κ1) is 14.8. The quantitative estimate of drug-likeness (QED) is 0.644. The molecule has 2 heterocycles. The molecule has 4 rings (SSSR count). The summed E-state index contributed by atoms with van der Waals surface area (Å²) in [5, 5.41) is 6.98. The van der Waals surface area contributed by atoms with Gasteiger partial charge in [-0.25, -0.2) is 0 Å². The molecule has 1 fully saturated rings. The first-order valence-corrected chi connectivity index (χ1v) is 8.89. The van der Waals surface area contributed by atoms with E-state index in [0.29, 0.717) is 12.8 Å². The first-order chi connectivity index (χ1) is 11.3. The molecule has 1 saturated carbocycles. The van der Waals surface area contributed by atoms with Gasteiger partial charge < -0.3 is 20.1 Å². The maximum Gasteiger partial charge on any atom is 0.231 e. The zero-order chi connectivity index (χ0) is 15.6. The van der Waals surface area contributed by atoms with Crippen molar-refractivity contribution >= 4 is 22.9 Å². The smallest absolute Gasteiger partial charge is 0.231 e. The third-order valence-corrected chi connectivity index (χ3v) is 5.06. The minimum Gasteiger partial charge on any atom is -0.454 e. The van der Waals surface area contributed by atoms with Gasteiger partial charge in [0, 0.05) is 23.8 Å². The predicted molar refractivity (Wildman–Crippen MR) is 94.9 cm³/mol. The SMILES string of the molecule is S=C(/C=C1\NCCc2cc3c(cc21)OCO3)NC1CCCCC1. The Morgan fingerprint density at radius 3 is 2.78 bits per heavy atom. The van der Waals surface area contributed by atoms with Crippen LogP contribution in [0.5, 0.6) is 11.5 Å². The lowest BCUT2D eigenvalue weighted by Gasteiger charge is -2.25. The summed E-state index contributed by atoms with van der Waals surface area (Å²) in [4.78, 5) is 0.824. The number of rotatable bonds is 2. The Kier molecular flexibility index (Phi) is 4.12. The molecular weight excluding hydrogens is 308 g/mol. The maximum atomic E-state index is 5.56. The summed E-state index contributed by atoms with van der Waals surface area (Å²) in [6.45, 7) is 1.23. The molecule has 0 spiro atoms. The molecule has 1 aromatic carbocycles. The zero-order valence-electron chi connectivity index (χ0n) is 13.2. The van der Waals surface area contributed by atoms with Gasteiger partial charge in [-0.15, -0.1) is 0 Å². The molecule has 3 aliphatic rings. The summed E-state index contributed by atoms with van der Waals surface area (Å²) in [5.74, 6) is 1.68. The van der Waals surface area contributed by atoms with Gasteiger partial charge in [0.15, 0.2) is 11.5 Å². The van der Waals surface area contributed by atoms with Crippen LogP contribution in [0.1, 0.15) is 43.2 Å². The normalized spacial score (nSPS) is 21.7. The van der Waals surface area contributed by atoms with E-state index >= 15 is 0 Å². The Bertz CT molecular complexity index is 651. The minimum absolute atomic E-state index is 0.312. The second kappa shape index (κ2) is 6.40. The number of nitrogens with one attached hydrogen (secondary N) is 2. The van der Waals surface area contributed by atoms with E-state index in [1.165, 1.54) is 43.2 Å². The summed E-state index contributed by atoms with van der Waals surface area (Å²) in [7, 11) is 0. The average Bonchev–Trinajstić information content (AvgIpc) is 3.01. The lowest BCUT2D eigenvalue weighted by atomic mass is 9.95. The van der Waals surface area contributed by atoms with E-state index in [1.807, 2.05) is 0 Å². The number of thiocarbonyl (C=S) groups is 1. The Labute approximate surface area is 142 Å².